The van der Waals surface area contributed by atoms with E-state index in [9.17, 15) is 4.79 Å². The highest BCUT2D eigenvalue weighted by Crippen LogP contribution is 2.10. The number of ether oxygens (including phenoxy) is 2. The van der Waals surface area contributed by atoms with Crippen LogP contribution in [-0.4, -0.2) is 36.8 Å². The first-order chi connectivity index (χ1) is 8.79. The van der Waals surface area contributed by atoms with Crippen molar-refractivity contribution in [2.45, 2.75) is 26.1 Å². The summed E-state index contributed by atoms with van der Waals surface area (Å²) in [6, 6.07) is 9.71. The molecule has 0 aliphatic carbocycles. The number of morpholine rings is 1. The Labute approximate surface area is 107 Å². The molecule has 1 aliphatic heterocycles. The number of nitrogens with zero attached hydrogens (tertiary/aromatic N) is 1. The van der Waals surface area contributed by atoms with Crippen molar-refractivity contribution in [3.63, 3.8) is 0 Å². The van der Waals surface area contributed by atoms with E-state index in [4.69, 9.17) is 9.47 Å². The third kappa shape index (κ3) is 3.47. The summed E-state index contributed by atoms with van der Waals surface area (Å²) in [5.74, 6) is 0. The smallest absolute Gasteiger partial charge is 0.410 e. The number of benzene rings is 1. The Hall–Kier alpha value is -1.55. The van der Waals surface area contributed by atoms with E-state index < -0.39 is 0 Å². The van der Waals surface area contributed by atoms with Crippen molar-refractivity contribution in [3.8, 4) is 0 Å². The van der Waals surface area contributed by atoms with Crippen LogP contribution in [0.25, 0.3) is 0 Å². The summed E-state index contributed by atoms with van der Waals surface area (Å²) in [6.45, 7) is 4.23. The van der Waals surface area contributed by atoms with Crippen molar-refractivity contribution >= 4 is 6.09 Å². The molecule has 18 heavy (non-hydrogen) atoms. The van der Waals surface area contributed by atoms with Gasteiger partial charge in [0.1, 0.15) is 6.61 Å². The number of carbonyl (C=O) groups excluding carboxylic acids is 1. The molecule has 1 atom stereocenters. The van der Waals surface area contributed by atoms with Crippen LogP contribution in [0.2, 0.25) is 0 Å². The standard InChI is InChI=1S/C14H19NO3/c1-2-13-10-15(8-9-17-13)14(16)18-11-12-6-4-3-5-7-12/h3-7,13H,2,8-11H2,1H3. The molecule has 0 bridgehead atoms. The van der Waals surface area contributed by atoms with Crippen molar-refractivity contribution in [1.82, 2.24) is 4.90 Å². The molecule has 1 amide bonds. The fraction of sp³-hybridized carbons (Fsp3) is 0.500. The molecule has 1 aromatic carbocycles. The van der Waals surface area contributed by atoms with E-state index in [2.05, 4.69) is 6.92 Å². The van der Waals surface area contributed by atoms with Gasteiger partial charge in [0.25, 0.3) is 0 Å². The molecule has 1 fully saturated rings. The molecule has 0 spiro atoms. The van der Waals surface area contributed by atoms with E-state index in [1.165, 1.54) is 0 Å². The van der Waals surface area contributed by atoms with Gasteiger partial charge in [0.15, 0.2) is 0 Å². The quantitative estimate of drug-likeness (QED) is 0.826. The minimum absolute atomic E-state index is 0.142. The molecular weight excluding hydrogens is 230 g/mol. The van der Waals surface area contributed by atoms with E-state index in [-0.39, 0.29) is 12.2 Å². The van der Waals surface area contributed by atoms with Gasteiger partial charge >= 0.3 is 6.09 Å². The highest BCUT2D eigenvalue weighted by atomic mass is 16.6. The van der Waals surface area contributed by atoms with Gasteiger partial charge < -0.3 is 14.4 Å². The molecule has 1 heterocycles. The van der Waals surface area contributed by atoms with Crippen molar-refractivity contribution in [3.05, 3.63) is 35.9 Å². The monoisotopic (exact) mass is 249 g/mol. The Morgan fingerprint density at radius 3 is 2.94 bits per heavy atom. The molecule has 1 saturated heterocycles. The minimum atomic E-state index is -0.249. The van der Waals surface area contributed by atoms with Gasteiger partial charge in [-0.05, 0) is 12.0 Å². The first-order valence-electron chi connectivity index (χ1n) is 6.37. The number of carbonyl (C=O) groups is 1. The Bertz CT molecular complexity index is 380. The largest absolute Gasteiger partial charge is 0.445 e. The van der Waals surface area contributed by atoms with Crippen LogP contribution in [-0.2, 0) is 16.1 Å². The summed E-state index contributed by atoms with van der Waals surface area (Å²) in [5.41, 5.74) is 1.01. The maximum atomic E-state index is 11.9. The first kappa shape index (κ1) is 12.9. The fourth-order valence-electron chi connectivity index (χ4n) is 1.94. The van der Waals surface area contributed by atoms with Gasteiger partial charge in [-0.25, -0.2) is 4.79 Å². The number of hydrogen-bond acceptors (Lipinski definition) is 3. The van der Waals surface area contributed by atoms with Crippen LogP contribution in [0.1, 0.15) is 18.9 Å². The molecule has 4 nitrogen and oxygen atoms in total. The van der Waals surface area contributed by atoms with E-state index >= 15 is 0 Å². The maximum absolute atomic E-state index is 11.9. The normalized spacial score (nSPS) is 19.6. The zero-order valence-corrected chi connectivity index (χ0v) is 10.7. The van der Waals surface area contributed by atoms with Crippen LogP contribution >= 0.6 is 0 Å². The van der Waals surface area contributed by atoms with Gasteiger partial charge in [-0.3, -0.25) is 0 Å². The Balaban J connectivity index is 1.81. The van der Waals surface area contributed by atoms with Crippen LogP contribution in [0.3, 0.4) is 0 Å². The van der Waals surface area contributed by atoms with Gasteiger partial charge in [-0.15, -0.1) is 0 Å². The summed E-state index contributed by atoms with van der Waals surface area (Å²) < 4.78 is 10.8. The Kier molecular flexibility index (Phi) is 4.59. The number of rotatable bonds is 3. The highest BCUT2D eigenvalue weighted by Gasteiger charge is 2.23. The predicted molar refractivity (Wildman–Crippen MR) is 68.2 cm³/mol. The SMILES string of the molecule is CCC1CN(C(=O)OCc2ccccc2)CCO1. The number of hydrogen-bond donors (Lipinski definition) is 0. The van der Waals surface area contributed by atoms with Gasteiger partial charge in [-0.2, -0.15) is 0 Å². The highest BCUT2D eigenvalue weighted by molar-refractivity contribution is 5.67. The summed E-state index contributed by atoms with van der Waals surface area (Å²) >= 11 is 0. The van der Waals surface area contributed by atoms with E-state index in [0.29, 0.717) is 26.3 Å². The zero-order valence-electron chi connectivity index (χ0n) is 10.7. The summed E-state index contributed by atoms with van der Waals surface area (Å²) in [7, 11) is 0. The van der Waals surface area contributed by atoms with Crippen molar-refractivity contribution in [2.24, 2.45) is 0 Å². The third-order valence-corrected chi connectivity index (χ3v) is 3.06. The fourth-order valence-corrected chi connectivity index (χ4v) is 1.94. The van der Waals surface area contributed by atoms with E-state index in [0.717, 1.165) is 12.0 Å². The van der Waals surface area contributed by atoms with Crippen LogP contribution in [0.5, 0.6) is 0 Å². The number of amides is 1. The molecule has 0 saturated carbocycles. The molecule has 0 radical (unpaired) electrons. The molecule has 1 aliphatic rings. The zero-order chi connectivity index (χ0) is 12.8. The molecule has 1 aromatic rings. The second-order valence-corrected chi connectivity index (χ2v) is 4.39. The molecule has 2 rings (SSSR count). The molecule has 4 heteroatoms. The second kappa shape index (κ2) is 6.40. The van der Waals surface area contributed by atoms with E-state index in [1.54, 1.807) is 4.90 Å². The lowest BCUT2D eigenvalue weighted by molar-refractivity contribution is -0.0292. The van der Waals surface area contributed by atoms with Gasteiger partial charge in [-0.1, -0.05) is 37.3 Å². The lowest BCUT2D eigenvalue weighted by Gasteiger charge is -2.31. The topological polar surface area (TPSA) is 38.8 Å². The summed E-state index contributed by atoms with van der Waals surface area (Å²) in [4.78, 5) is 13.6. The molecule has 0 N–H and O–H groups in total. The van der Waals surface area contributed by atoms with Crippen LogP contribution < -0.4 is 0 Å². The molecule has 0 aromatic heterocycles. The summed E-state index contributed by atoms with van der Waals surface area (Å²) in [5, 5.41) is 0. The molecular formula is C14H19NO3. The van der Waals surface area contributed by atoms with Gasteiger partial charge in [0, 0.05) is 6.54 Å². The Morgan fingerprint density at radius 1 is 1.44 bits per heavy atom. The van der Waals surface area contributed by atoms with Crippen LogP contribution in [0.15, 0.2) is 30.3 Å². The summed E-state index contributed by atoms with van der Waals surface area (Å²) in [6.07, 6.45) is 0.811. The predicted octanol–water partition coefficient (Wildman–Crippen LogP) is 2.43. The van der Waals surface area contributed by atoms with Gasteiger partial charge in [0.2, 0.25) is 0 Å². The first-order valence-corrected chi connectivity index (χ1v) is 6.37. The van der Waals surface area contributed by atoms with E-state index in [1.807, 2.05) is 30.3 Å². The lowest BCUT2D eigenvalue weighted by Crippen LogP contribution is -2.45. The lowest BCUT2D eigenvalue weighted by atomic mass is 10.2. The average Bonchev–Trinajstić information content (AvgIpc) is 2.46. The molecule has 98 valence electrons. The Morgan fingerprint density at radius 2 is 2.22 bits per heavy atom. The average molecular weight is 249 g/mol. The van der Waals surface area contributed by atoms with Gasteiger partial charge in [0.05, 0.1) is 19.3 Å². The van der Waals surface area contributed by atoms with Crippen molar-refractivity contribution < 1.29 is 14.3 Å². The van der Waals surface area contributed by atoms with Crippen molar-refractivity contribution in [1.29, 1.82) is 0 Å². The van der Waals surface area contributed by atoms with Crippen LogP contribution in [0.4, 0.5) is 4.79 Å². The van der Waals surface area contributed by atoms with Crippen molar-refractivity contribution in [2.75, 3.05) is 19.7 Å². The maximum Gasteiger partial charge on any atom is 0.410 e. The second-order valence-electron chi connectivity index (χ2n) is 4.39. The minimum Gasteiger partial charge on any atom is -0.445 e. The van der Waals surface area contributed by atoms with Crippen LogP contribution in [0, 0.1) is 0 Å². The third-order valence-electron chi connectivity index (χ3n) is 3.06. The molecule has 1 unspecified atom stereocenters.